The fourth-order valence-corrected chi connectivity index (χ4v) is 8.47. The molecule has 35 heavy (non-hydrogen) atoms. The zero-order valence-electron chi connectivity index (χ0n) is 20.8. The van der Waals surface area contributed by atoms with E-state index in [0.29, 0.717) is 31.8 Å². The van der Waals surface area contributed by atoms with E-state index in [1.807, 2.05) is 19.1 Å². The predicted molar refractivity (Wildman–Crippen MR) is 136 cm³/mol. The topological polar surface area (TPSA) is 108 Å². The number of fused-ring (bicyclic) bond motifs is 1. The molecule has 3 N–H and O–H groups in total. The highest BCUT2D eigenvalue weighted by Gasteiger charge is 2.76. The van der Waals surface area contributed by atoms with Gasteiger partial charge in [-0.2, -0.15) is 0 Å². The lowest BCUT2D eigenvalue weighted by atomic mass is 9.66. The quantitative estimate of drug-likeness (QED) is 0.401. The Morgan fingerprint density at radius 2 is 1.91 bits per heavy atom. The lowest BCUT2D eigenvalue weighted by molar-refractivity contribution is -0.139. The average molecular weight is 504 g/mol. The summed E-state index contributed by atoms with van der Waals surface area (Å²) in [5, 5.41) is 15.5. The summed E-state index contributed by atoms with van der Waals surface area (Å²) in [6.45, 7) is 7.43. The lowest BCUT2D eigenvalue weighted by Crippen LogP contribution is -2.54. The van der Waals surface area contributed by atoms with E-state index in [9.17, 15) is 19.5 Å². The van der Waals surface area contributed by atoms with E-state index < -0.39 is 27.4 Å². The molecule has 9 heteroatoms. The molecule has 0 aliphatic carbocycles. The van der Waals surface area contributed by atoms with Gasteiger partial charge in [-0.15, -0.1) is 11.8 Å². The van der Waals surface area contributed by atoms with Gasteiger partial charge in [-0.1, -0.05) is 13.3 Å². The minimum absolute atomic E-state index is 0.0574. The van der Waals surface area contributed by atoms with Gasteiger partial charge in [0.25, 0.3) is 0 Å². The number of likely N-dealkylation sites (tertiary alicyclic amines) is 1. The highest BCUT2D eigenvalue weighted by molar-refractivity contribution is 8.02. The molecule has 2 bridgehead atoms. The van der Waals surface area contributed by atoms with Gasteiger partial charge in [0, 0.05) is 30.1 Å². The number of carbonyl (C=O) groups is 3. The predicted octanol–water partition coefficient (Wildman–Crippen LogP) is 2.80. The molecule has 3 heterocycles. The maximum absolute atomic E-state index is 13.8. The van der Waals surface area contributed by atoms with E-state index in [1.54, 1.807) is 28.8 Å². The highest BCUT2D eigenvalue weighted by atomic mass is 32.2. The molecule has 3 saturated heterocycles. The van der Waals surface area contributed by atoms with Crippen LogP contribution in [0.3, 0.4) is 0 Å². The van der Waals surface area contributed by atoms with Crippen LogP contribution >= 0.6 is 11.8 Å². The Hall–Kier alpha value is -2.26. The van der Waals surface area contributed by atoms with Crippen molar-refractivity contribution in [2.75, 3.05) is 31.6 Å². The summed E-state index contributed by atoms with van der Waals surface area (Å²) in [5.41, 5.74) is 0.653. The number of anilines is 1. The molecule has 2 unspecified atom stereocenters. The Kier molecular flexibility index (Phi) is 7.66. The van der Waals surface area contributed by atoms with Crippen LogP contribution in [-0.4, -0.2) is 69.6 Å². The largest absolute Gasteiger partial charge is 0.494 e. The number of nitrogens with one attached hydrogen (secondary N) is 2. The highest BCUT2D eigenvalue weighted by Crippen LogP contribution is 2.71. The van der Waals surface area contributed by atoms with Crippen molar-refractivity contribution in [3.8, 4) is 5.75 Å². The fourth-order valence-electron chi connectivity index (χ4n) is 6.11. The van der Waals surface area contributed by atoms with Crippen molar-refractivity contribution in [1.82, 2.24) is 10.2 Å². The molecule has 3 aliphatic heterocycles. The molecule has 0 saturated carbocycles. The van der Waals surface area contributed by atoms with E-state index in [-0.39, 0.29) is 24.3 Å². The molecule has 0 aromatic heterocycles. The summed E-state index contributed by atoms with van der Waals surface area (Å²) in [6, 6.07) is 6.60. The SMILES string of the molecule is CCCCNC(=O)C1N(CCCO)C(=O)[C@@H]2[C@H](C(=O)Nc3ccc(OCC)cc3)[C@]3(C)CCC12S3. The third-order valence-electron chi connectivity index (χ3n) is 7.63. The van der Waals surface area contributed by atoms with E-state index in [0.717, 1.165) is 31.4 Å². The molecule has 3 aliphatic rings. The number of aliphatic hydroxyl groups excluding tert-OH is 1. The van der Waals surface area contributed by atoms with E-state index in [1.165, 1.54) is 0 Å². The third-order valence-corrected chi connectivity index (χ3v) is 9.61. The summed E-state index contributed by atoms with van der Waals surface area (Å²) in [6.07, 6.45) is 3.73. The zero-order chi connectivity index (χ0) is 25.2. The van der Waals surface area contributed by atoms with Crippen LogP contribution in [0.2, 0.25) is 0 Å². The maximum Gasteiger partial charge on any atom is 0.244 e. The van der Waals surface area contributed by atoms with Gasteiger partial charge in [-0.25, -0.2) is 0 Å². The van der Waals surface area contributed by atoms with E-state index in [2.05, 4.69) is 24.5 Å². The number of hydrogen-bond acceptors (Lipinski definition) is 6. The molecule has 192 valence electrons. The fraction of sp³-hybridized carbons (Fsp3) is 0.654. The van der Waals surface area contributed by atoms with Crippen LogP contribution in [0, 0.1) is 11.8 Å². The first-order valence-corrected chi connectivity index (χ1v) is 13.6. The molecule has 3 fully saturated rings. The number of unbranched alkanes of at least 4 members (excludes halogenated alkanes) is 1. The van der Waals surface area contributed by atoms with E-state index >= 15 is 0 Å². The van der Waals surface area contributed by atoms with Crippen molar-refractivity contribution in [2.24, 2.45) is 11.8 Å². The van der Waals surface area contributed by atoms with Crippen molar-refractivity contribution in [2.45, 2.75) is 68.4 Å². The zero-order valence-corrected chi connectivity index (χ0v) is 21.7. The monoisotopic (exact) mass is 503 g/mol. The van der Waals surface area contributed by atoms with Gasteiger partial charge in [0.05, 0.1) is 23.2 Å². The van der Waals surface area contributed by atoms with Gasteiger partial charge in [-0.05, 0) is 63.8 Å². The second-order valence-corrected chi connectivity index (χ2v) is 11.8. The van der Waals surface area contributed by atoms with Gasteiger partial charge in [-0.3, -0.25) is 14.4 Å². The van der Waals surface area contributed by atoms with Crippen LogP contribution in [0.1, 0.15) is 52.9 Å². The van der Waals surface area contributed by atoms with Gasteiger partial charge < -0.3 is 25.4 Å². The standard InChI is InChI=1S/C26H37N3O5S/c1-4-6-14-27-23(32)21-26-13-12-25(3,35-26)19(20(26)24(33)29(21)15-7-16-30)22(31)28-17-8-10-18(11-9-17)34-5-2/h8-11,19-21,30H,4-7,12-16H2,1-3H3,(H,27,32)(H,28,31)/t19-,20+,21?,25+,26?/m1/s1. The van der Waals surface area contributed by atoms with Crippen LogP contribution < -0.4 is 15.4 Å². The minimum atomic E-state index is -0.627. The maximum atomic E-state index is 13.8. The van der Waals surface area contributed by atoms with Crippen LogP contribution in [0.4, 0.5) is 5.69 Å². The number of amides is 3. The number of rotatable bonds is 11. The molecule has 1 aromatic rings. The van der Waals surface area contributed by atoms with Crippen molar-refractivity contribution in [3.05, 3.63) is 24.3 Å². The number of ether oxygens (including phenoxy) is 1. The number of carbonyl (C=O) groups excluding carboxylic acids is 3. The summed E-state index contributed by atoms with van der Waals surface area (Å²) in [7, 11) is 0. The Morgan fingerprint density at radius 1 is 1.17 bits per heavy atom. The second-order valence-electron chi connectivity index (χ2n) is 9.93. The van der Waals surface area contributed by atoms with Crippen molar-refractivity contribution >= 4 is 35.2 Å². The smallest absolute Gasteiger partial charge is 0.244 e. The van der Waals surface area contributed by atoms with Crippen LogP contribution in [0.25, 0.3) is 0 Å². The molecule has 1 spiro atoms. The summed E-state index contributed by atoms with van der Waals surface area (Å²) in [4.78, 5) is 42.5. The summed E-state index contributed by atoms with van der Waals surface area (Å²) < 4.78 is 4.44. The number of aliphatic hydroxyl groups is 1. The van der Waals surface area contributed by atoms with Gasteiger partial charge >= 0.3 is 0 Å². The van der Waals surface area contributed by atoms with Crippen molar-refractivity contribution in [1.29, 1.82) is 0 Å². The molecular weight excluding hydrogens is 466 g/mol. The van der Waals surface area contributed by atoms with E-state index in [4.69, 9.17) is 4.74 Å². The Morgan fingerprint density at radius 3 is 2.57 bits per heavy atom. The summed E-state index contributed by atoms with van der Waals surface area (Å²) >= 11 is 1.66. The lowest BCUT2D eigenvalue weighted by Gasteiger charge is -2.34. The van der Waals surface area contributed by atoms with Crippen molar-refractivity contribution in [3.63, 3.8) is 0 Å². The van der Waals surface area contributed by atoms with Crippen LogP contribution in [0.15, 0.2) is 24.3 Å². The molecule has 4 rings (SSSR count). The minimum Gasteiger partial charge on any atom is -0.494 e. The Labute approximate surface area is 211 Å². The normalized spacial score (nSPS) is 30.9. The Balaban J connectivity index is 1.61. The number of thioether (sulfide) groups is 1. The van der Waals surface area contributed by atoms with Crippen molar-refractivity contribution < 1.29 is 24.2 Å². The molecule has 1 aromatic carbocycles. The molecule has 5 atom stereocenters. The Bertz CT molecular complexity index is 957. The molecular formula is C26H37N3O5S. The second kappa shape index (κ2) is 10.4. The number of benzene rings is 1. The molecule has 3 amide bonds. The first-order valence-electron chi connectivity index (χ1n) is 12.7. The van der Waals surface area contributed by atoms with Crippen LogP contribution in [0.5, 0.6) is 5.75 Å². The third kappa shape index (κ3) is 4.53. The van der Waals surface area contributed by atoms with Crippen LogP contribution in [-0.2, 0) is 14.4 Å². The first kappa shape index (κ1) is 25.8. The number of hydrogen-bond donors (Lipinski definition) is 3. The van der Waals surface area contributed by atoms with Gasteiger partial charge in [0.2, 0.25) is 17.7 Å². The number of nitrogens with zero attached hydrogens (tertiary/aromatic N) is 1. The average Bonchev–Trinajstić information content (AvgIpc) is 3.40. The summed E-state index contributed by atoms with van der Waals surface area (Å²) in [5.74, 6) is -0.832. The van der Waals surface area contributed by atoms with Gasteiger partial charge in [0.15, 0.2) is 0 Å². The molecule has 8 nitrogen and oxygen atoms in total. The molecule has 0 radical (unpaired) electrons. The van der Waals surface area contributed by atoms with Gasteiger partial charge in [0.1, 0.15) is 11.8 Å². The first-order chi connectivity index (χ1) is 16.8.